The van der Waals surface area contributed by atoms with Gasteiger partial charge < -0.3 is 9.80 Å². The highest BCUT2D eigenvalue weighted by atomic mass is 16.2. The smallest absolute Gasteiger partial charge is 0.227 e. The first-order chi connectivity index (χ1) is 10.9. The molecule has 1 atom stereocenters. The van der Waals surface area contributed by atoms with E-state index < -0.39 is 0 Å². The lowest BCUT2D eigenvalue weighted by Crippen LogP contribution is -2.51. The van der Waals surface area contributed by atoms with Gasteiger partial charge in [-0.15, -0.1) is 0 Å². The van der Waals surface area contributed by atoms with Crippen molar-refractivity contribution in [2.75, 3.05) is 25.0 Å². The maximum absolute atomic E-state index is 12.6. The summed E-state index contributed by atoms with van der Waals surface area (Å²) in [6, 6.07) is 0.266. The molecular weight excluding hydrogens is 288 g/mol. The van der Waals surface area contributed by atoms with Gasteiger partial charge in [0.15, 0.2) is 0 Å². The Kier molecular flexibility index (Phi) is 4.30. The zero-order chi connectivity index (χ0) is 16.6. The summed E-state index contributed by atoms with van der Waals surface area (Å²) in [5, 5.41) is 0. The Morgan fingerprint density at radius 2 is 2.04 bits per heavy atom. The summed E-state index contributed by atoms with van der Waals surface area (Å²) < 4.78 is 0. The molecule has 23 heavy (non-hydrogen) atoms. The molecule has 1 aromatic rings. The van der Waals surface area contributed by atoms with Crippen LogP contribution in [-0.2, 0) is 17.6 Å². The predicted octanol–water partition coefficient (Wildman–Crippen LogP) is 2.44. The first kappa shape index (κ1) is 16.2. The molecule has 0 radical (unpaired) electrons. The molecule has 1 fully saturated rings. The highest BCUT2D eigenvalue weighted by molar-refractivity contribution is 5.81. The standard InChI is InChI=1S/C18H28N4O/c1-18(2,3)17(23)21(4)13-7-6-10-22(11-13)16-14-8-5-9-15(14)19-12-20-16/h12-13H,5-11H2,1-4H3. The van der Waals surface area contributed by atoms with E-state index >= 15 is 0 Å². The first-order valence-corrected chi connectivity index (χ1v) is 8.73. The number of aryl methyl sites for hydroxylation is 1. The summed E-state index contributed by atoms with van der Waals surface area (Å²) in [5.41, 5.74) is 2.22. The van der Waals surface area contributed by atoms with Gasteiger partial charge in [0.05, 0.1) is 0 Å². The molecule has 5 nitrogen and oxygen atoms in total. The van der Waals surface area contributed by atoms with Gasteiger partial charge in [-0.05, 0) is 32.1 Å². The molecule has 1 aromatic heterocycles. The number of hydrogen-bond donors (Lipinski definition) is 0. The Morgan fingerprint density at radius 1 is 1.26 bits per heavy atom. The summed E-state index contributed by atoms with van der Waals surface area (Å²) in [5.74, 6) is 1.33. The topological polar surface area (TPSA) is 49.3 Å². The van der Waals surface area contributed by atoms with Crippen molar-refractivity contribution < 1.29 is 4.79 Å². The lowest BCUT2D eigenvalue weighted by Gasteiger charge is -2.40. The van der Waals surface area contributed by atoms with E-state index in [1.165, 1.54) is 17.7 Å². The second kappa shape index (κ2) is 6.10. The third kappa shape index (κ3) is 3.19. The number of piperidine rings is 1. The van der Waals surface area contributed by atoms with Gasteiger partial charge in [-0.1, -0.05) is 20.8 Å². The molecule has 2 heterocycles. The fourth-order valence-electron chi connectivity index (χ4n) is 3.77. The largest absolute Gasteiger partial charge is 0.354 e. The van der Waals surface area contributed by atoms with Crippen LogP contribution in [0.3, 0.4) is 0 Å². The zero-order valence-corrected chi connectivity index (χ0v) is 14.8. The minimum Gasteiger partial charge on any atom is -0.354 e. The molecule has 1 aliphatic heterocycles. The minimum atomic E-state index is -0.326. The maximum Gasteiger partial charge on any atom is 0.227 e. The third-order valence-corrected chi connectivity index (χ3v) is 5.06. The monoisotopic (exact) mass is 316 g/mol. The van der Waals surface area contributed by atoms with E-state index in [0.717, 1.165) is 44.6 Å². The number of anilines is 1. The molecule has 3 rings (SSSR count). The van der Waals surface area contributed by atoms with Crippen LogP contribution in [0.15, 0.2) is 6.33 Å². The summed E-state index contributed by atoms with van der Waals surface area (Å²) in [6.07, 6.45) is 7.22. The minimum absolute atomic E-state index is 0.220. The first-order valence-electron chi connectivity index (χ1n) is 8.73. The van der Waals surface area contributed by atoms with Crippen LogP contribution in [0.2, 0.25) is 0 Å². The summed E-state index contributed by atoms with van der Waals surface area (Å²) in [6.45, 7) is 7.87. The van der Waals surface area contributed by atoms with Crippen molar-refractivity contribution in [1.29, 1.82) is 0 Å². The van der Waals surface area contributed by atoms with E-state index in [1.807, 2.05) is 32.7 Å². The van der Waals surface area contributed by atoms with Crippen molar-refractivity contribution in [3.05, 3.63) is 17.6 Å². The number of amides is 1. The Labute approximate surface area is 139 Å². The molecule has 126 valence electrons. The number of nitrogens with zero attached hydrogens (tertiary/aromatic N) is 4. The Morgan fingerprint density at radius 3 is 2.78 bits per heavy atom. The number of rotatable bonds is 2. The van der Waals surface area contributed by atoms with Gasteiger partial charge in [0.25, 0.3) is 0 Å². The molecule has 1 aliphatic carbocycles. The number of hydrogen-bond acceptors (Lipinski definition) is 4. The van der Waals surface area contributed by atoms with Crippen LogP contribution >= 0.6 is 0 Å². The highest BCUT2D eigenvalue weighted by Gasteiger charge is 2.33. The molecule has 0 saturated carbocycles. The van der Waals surface area contributed by atoms with E-state index in [1.54, 1.807) is 6.33 Å². The quantitative estimate of drug-likeness (QED) is 0.841. The van der Waals surface area contributed by atoms with Gasteiger partial charge in [0, 0.05) is 42.9 Å². The van der Waals surface area contributed by atoms with Crippen molar-refractivity contribution in [2.45, 2.75) is 58.9 Å². The van der Waals surface area contributed by atoms with Crippen molar-refractivity contribution in [1.82, 2.24) is 14.9 Å². The van der Waals surface area contributed by atoms with Crippen LogP contribution in [0.1, 0.15) is 51.3 Å². The molecule has 5 heteroatoms. The lowest BCUT2D eigenvalue weighted by molar-refractivity contribution is -0.140. The molecule has 0 aromatic carbocycles. The predicted molar refractivity (Wildman–Crippen MR) is 91.5 cm³/mol. The summed E-state index contributed by atoms with van der Waals surface area (Å²) in [7, 11) is 1.95. The maximum atomic E-state index is 12.6. The van der Waals surface area contributed by atoms with Crippen molar-refractivity contribution in [3.8, 4) is 0 Å². The fourth-order valence-corrected chi connectivity index (χ4v) is 3.77. The molecule has 1 unspecified atom stereocenters. The lowest BCUT2D eigenvalue weighted by atomic mass is 9.93. The van der Waals surface area contributed by atoms with Crippen LogP contribution < -0.4 is 4.90 Å². The fraction of sp³-hybridized carbons (Fsp3) is 0.722. The Balaban J connectivity index is 1.77. The second-order valence-electron chi connectivity index (χ2n) is 7.88. The number of carbonyl (C=O) groups is 1. The van der Waals surface area contributed by atoms with E-state index in [2.05, 4.69) is 14.9 Å². The van der Waals surface area contributed by atoms with Crippen LogP contribution in [0, 0.1) is 5.41 Å². The average Bonchev–Trinajstić information content (AvgIpc) is 3.01. The summed E-state index contributed by atoms with van der Waals surface area (Å²) >= 11 is 0. The van der Waals surface area contributed by atoms with Crippen molar-refractivity contribution in [2.24, 2.45) is 5.41 Å². The summed E-state index contributed by atoms with van der Waals surface area (Å²) in [4.78, 5) is 25.9. The van der Waals surface area contributed by atoms with Crippen molar-refractivity contribution in [3.63, 3.8) is 0 Å². The SMILES string of the molecule is CN(C(=O)C(C)(C)C)C1CCCN(c2ncnc3c2CCC3)C1. The normalized spacial score (nSPS) is 21.2. The van der Waals surface area contributed by atoms with Gasteiger partial charge in [-0.3, -0.25) is 4.79 Å². The van der Waals surface area contributed by atoms with Crippen LogP contribution in [0.4, 0.5) is 5.82 Å². The Bertz CT molecular complexity index is 593. The second-order valence-corrected chi connectivity index (χ2v) is 7.88. The number of aromatic nitrogens is 2. The highest BCUT2D eigenvalue weighted by Crippen LogP contribution is 2.30. The van der Waals surface area contributed by atoms with E-state index in [-0.39, 0.29) is 17.4 Å². The van der Waals surface area contributed by atoms with Gasteiger partial charge >= 0.3 is 0 Å². The zero-order valence-electron chi connectivity index (χ0n) is 14.8. The van der Waals surface area contributed by atoms with Gasteiger partial charge in [-0.25, -0.2) is 9.97 Å². The molecule has 0 bridgehead atoms. The van der Waals surface area contributed by atoms with E-state index in [0.29, 0.717) is 0 Å². The Hall–Kier alpha value is -1.65. The van der Waals surface area contributed by atoms with E-state index in [4.69, 9.17) is 0 Å². The molecule has 0 spiro atoms. The van der Waals surface area contributed by atoms with Crippen LogP contribution in [0.5, 0.6) is 0 Å². The molecular formula is C18H28N4O. The number of fused-ring (bicyclic) bond motifs is 1. The van der Waals surface area contributed by atoms with Gasteiger partial charge in [0.1, 0.15) is 12.1 Å². The third-order valence-electron chi connectivity index (χ3n) is 5.06. The number of likely N-dealkylation sites (N-methyl/N-ethyl adjacent to an activating group) is 1. The van der Waals surface area contributed by atoms with Gasteiger partial charge in [-0.2, -0.15) is 0 Å². The molecule has 2 aliphatic rings. The molecule has 0 N–H and O–H groups in total. The van der Waals surface area contributed by atoms with Gasteiger partial charge in [0.2, 0.25) is 5.91 Å². The van der Waals surface area contributed by atoms with E-state index in [9.17, 15) is 4.79 Å². The molecule has 1 amide bonds. The van der Waals surface area contributed by atoms with Crippen LogP contribution in [-0.4, -0.2) is 47.0 Å². The van der Waals surface area contributed by atoms with Crippen LogP contribution in [0.25, 0.3) is 0 Å². The average molecular weight is 316 g/mol. The number of carbonyl (C=O) groups excluding carboxylic acids is 1. The molecule has 1 saturated heterocycles. The van der Waals surface area contributed by atoms with Crippen molar-refractivity contribution >= 4 is 11.7 Å².